The van der Waals surface area contributed by atoms with Crippen molar-refractivity contribution in [2.24, 2.45) is 0 Å². The molecule has 0 aliphatic heterocycles. The quantitative estimate of drug-likeness (QED) is 0.555. The van der Waals surface area contributed by atoms with Crippen LogP contribution in [0, 0.1) is 0 Å². The zero-order valence-corrected chi connectivity index (χ0v) is 9.06. The van der Waals surface area contributed by atoms with Crippen molar-refractivity contribution in [3.63, 3.8) is 0 Å². The van der Waals surface area contributed by atoms with Crippen LogP contribution in [0.15, 0.2) is 0 Å². The smallest absolute Gasteiger partial charge is 0.0350 e. The first-order chi connectivity index (χ1) is 4.22. The summed E-state index contributed by atoms with van der Waals surface area (Å²) in [5.74, 6) is 1.47. The second kappa shape index (κ2) is 6.20. The second-order valence-corrected chi connectivity index (χ2v) is 4.35. The zero-order valence-electron chi connectivity index (χ0n) is 4.93. The molecule has 0 nitrogen and oxygen atoms in total. The molecule has 0 spiro atoms. The van der Waals surface area contributed by atoms with Crippen LogP contribution in [0.4, 0.5) is 0 Å². The Kier molecular flexibility index (Phi) is 7.21. The van der Waals surface area contributed by atoms with Crippen molar-refractivity contribution < 1.29 is 0 Å². The third-order valence-corrected chi connectivity index (χ3v) is 3.83. The van der Waals surface area contributed by atoms with E-state index >= 15 is 0 Å². The van der Waals surface area contributed by atoms with Gasteiger partial charge < -0.3 is 0 Å². The molecule has 0 heterocycles. The highest BCUT2D eigenvalue weighted by Gasteiger charge is 2.11. The van der Waals surface area contributed by atoms with Gasteiger partial charge >= 0.3 is 0 Å². The van der Waals surface area contributed by atoms with Gasteiger partial charge in [0.1, 0.15) is 0 Å². The van der Waals surface area contributed by atoms with Gasteiger partial charge in [0.15, 0.2) is 0 Å². The first-order valence-electron chi connectivity index (χ1n) is 2.71. The minimum Gasteiger partial charge on any atom is -0.179 e. The first-order valence-corrected chi connectivity index (χ1v) is 5.31. The lowest BCUT2D eigenvalue weighted by molar-refractivity contribution is 0.839. The molecule has 0 N–H and O–H groups in total. The summed E-state index contributed by atoms with van der Waals surface area (Å²) in [5.41, 5.74) is 0. The molecule has 0 aromatic rings. The molecule has 0 rings (SSSR count). The van der Waals surface area contributed by atoms with Crippen LogP contribution in [0.2, 0.25) is 0 Å². The number of hydrogen-bond donors (Lipinski definition) is 2. The van der Waals surface area contributed by atoms with E-state index in [2.05, 4.69) is 41.2 Å². The number of thiol groups is 2. The van der Waals surface area contributed by atoms with Crippen LogP contribution in [-0.2, 0) is 0 Å². The number of halogens is 2. The SMILES string of the molecule is SCCC(Br)C(S)CCl. The average molecular weight is 250 g/mol. The lowest BCUT2D eigenvalue weighted by Gasteiger charge is -2.12. The number of rotatable bonds is 4. The standard InChI is InChI=1S/C5H10BrClS2/c6-4(1-2-8)5(9)3-7/h4-5,8-9H,1-3H2. The van der Waals surface area contributed by atoms with E-state index in [9.17, 15) is 0 Å². The third-order valence-electron chi connectivity index (χ3n) is 0.980. The largest absolute Gasteiger partial charge is 0.179 e. The van der Waals surface area contributed by atoms with E-state index < -0.39 is 0 Å². The molecule has 0 amide bonds. The molecular weight excluding hydrogens is 240 g/mol. The van der Waals surface area contributed by atoms with E-state index in [0.29, 0.717) is 10.7 Å². The molecule has 4 heteroatoms. The van der Waals surface area contributed by atoms with Crippen LogP contribution in [-0.4, -0.2) is 21.7 Å². The Morgan fingerprint density at radius 2 is 2.11 bits per heavy atom. The Morgan fingerprint density at radius 3 is 2.44 bits per heavy atom. The van der Waals surface area contributed by atoms with Crippen molar-refractivity contribution in [1.82, 2.24) is 0 Å². The average Bonchev–Trinajstić information content (AvgIpc) is 1.87. The summed E-state index contributed by atoms with van der Waals surface area (Å²) in [6.45, 7) is 0. The lowest BCUT2D eigenvalue weighted by atomic mass is 10.3. The normalized spacial score (nSPS) is 17.3. The molecule has 0 aromatic heterocycles. The highest BCUT2D eigenvalue weighted by atomic mass is 79.9. The maximum Gasteiger partial charge on any atom is 0.0350 e. The topological polar surface area (TPSA) is 0 Å². The fourth-order valence-electron chi connectivity index (χ4n) is 0.412. The molecule has 0 bridgehead atoms. The predicted octanol–water partition coefficient (Wildman–Crippen LogP) is 2.61. The summed E-state index contributed by atoms with van der Waals surface area (Å²) < 4.78 is 0. The highest BCUT2D eigenvalue weighted by Crippen LogP contribution is 2.16. The lowest BCUT2D eigenvalue weighted by Crippen LogP contribution is -2.16. The number of hydrogen-bond acceptors (Lipinski definition) is 2. The fraction of sp³-hybridized carbons (Fsp3) is 1.00. The van der Waals surface area contributed by atoms with Crippen molar-refractivity contribution in [3.8, 4) is 0 Å². The van der Waals surface area contributed by atoms with E-state index in [1.807, 2.05) is 0 Å². The van der Waals surface area contributed by atoms with Crippen LogP contribution in [0.5, 0.6) is 0 Å². The molecule has 0 aliphatic rings. The van der Waals surface area contributed by atoms with Gasteiger partial charge in [0.25, 0.3) is 0 Å². The third kappa shape index (κ3) is 4.82. The van der Waals surface area contributed by atoms with Gasteiger partial charge in [-0.25, -0.2) is 0 Å². The zero-order chi connectivity index (χ0) is 7.28. The van der Waals surface area contributed by atoms with Gasteiger partial charge in [0, 0.05) is 16.0 Å². The molecule has 0 aliphatic carbocycles. The minimum atomic E-state index is 0.249. The predicted molar refractivity (Wildman–Crippen MR) is 54.7 cm³/mol. The van der Waals surface area contributed by atoms with Gasteiger partial charge in [0.05, 0.1) is 0 Å². The van der Waals surface area contributed by atoms with E-state index in [-0.39, 0.29) is 5.25 Å². The van der Waals surface area contributed by atoms with Crippen LogP contribution in [0.3, 0.4) is 0 Å². The maximum atomic E-state index is 5.55. The van der Waals surface area contributed by atoms with Crippen LogP contribution >= 0.6 is 52.8 Å². The molecule has 2 atom stereocenters. The summed E-state index contributed by atoms with van der Waals surface area (Å²) in [4.78, 5) is 0.399. The molecule has 56 valence electrons. The molecule has 0 fully saturated rings. The first kappa shape index (κ1) is 10.5. The van der Waals surface area contributed by atoms with Gasteiger partial charge in [0.2, 0.25) is 0 Å². The second-order valence-electron chi connectivity index (χ2n) is 1.75. The molecule has 0 saturated heterocycles. The summed E-state index contributed by atoms with van der Waals surface area (Å²) >= 11 is 17.3. The van der Waals surface area contributed by atoms with Crippen molar-refractivity contribution in [2.45, 2.75) is 16.5 Å². The van der Waals surface area contributed by atoms with Gasteiger partial charge in [-0.1, -0.05) is 15.9 Å². The molecule has 0 saturated carbocycles. The van der Waals surface area contributed by atoms with Gasteiger partial charge in [-0.05, 0) is 12.2 Å². The molecule has 0 aromatic carbocycles. The van der Waals surface area contributed by atoms with E-state index in [1.165, 1.54) is 0 Å². The molecule has 9 heavy (non-hydrogen) atoms. The van der Waals surface area contributed by atoms with Crippen LogP contribution in [0.25, 0.3) is 0 Å². The Bertz CT molecular complexity index is 72.0. The van der Waals surface area contributed by atoms with Crippen molar-refractivity contribution in [3.05, 3.63) is 0 Å². The monoisotopic (exact) mass is 248 g/mol. The van der Waals surface area contributed by atoms with Crippen molar-refractivity contribution in [1.29, 1.82) is 0 Å². The highest BCUT2D eigenvalue weighted by molar-refractivity contribution is 9.09. The van der Waals surface area contributed by atoms with Gasteiger partial charge in [-0.15, -0.1) is 11.6 Å². The number of alkyl halides is 2. The molecule has 2 unspecified atom stereocenters. The molecule has 0 radical (unpaired) electrons. The maximum absolute atomic E-state index is 5.55. The minimum absolute atomic E-state index is 0.249. The van der Waals surface area contributed by atoms with Crippen molar-refractivity contribution >= 4 is 52.8 Å². The summed E-state index contributed by atoms with van der Waals surface area (Å²) in [6.07, 6.45) is 1.02. The Morgan fingerprint density at radius 1 is 1.56 bits per heavy atom. The van der Waals surface area contributed by atoms with Gasteiger partial charge in [-0.3, -0.25) is 0 Å². The summed E-state index contributed by atoms with van der Waals surface area (Å²) in [5, 5.41) is 0.249. The molecular formula is C5H10BrClS2. The van der Waals surface area contributed by atoms with Crippen molar-refractivity contribution in [2.75, 3.05) is 11.6 Å². The van der Waals surface area contributed by atoms with Gasteiger partial charge in [-0.2, -0.15) is 25.3 Å². The van der Waals surface area contributed by atoms with Crippen LogP contribution in [0.1, 0.15) is 6.42 Å². The Balaban J connectivity index is 3.32. The van der Waals surface area contributed by atoms with Crippen LogP contribution < -0.4 is 0 Å². The van der Waals surface area contributed by atoms with E-state index in [0.717, 1.165) is 12.2 Å². The summed E-state index contributed by atoms with van der Waals surface area (Å²) in [6, 6.07) is 0. The summed E-state index contributed by atoms with van der Waals surface area (Å²) in [7, 11) is 0. The fourth-order valence-corrected chi connectivity index (χ4v) is 2.04. The van der Waals surface area contributed by atoms with E-state index in [4.69, 9.17) is 11.6 Å². The Hall–Kier alpha value is 1.47. The van der Waals surface area contributed by atoms with E-state index in [1.54, 1.807) is 0 Å². The Labute approximate surface area is 80.7 Å².